The van der Waals surface area contributed by atoms with E-state index in [0.717, 1.165) is 37.8 Å². The summed E-state index contributed by atoms with van der Waals surface area (Å²) in [5.41, 5.74) is 14.7. The number of hydrogen-bond donors (Lipinski definition) is 3. The molecule has 2 aromatic heterocycles. The van der Waals surface area contributed by atoms with Gasteiger partial charge < -0.3 is 16.4 Å². The number of benzene rings is 1. The van der Waals surface area contributed by atoms with Crippen LogP contribution in [-0.4, -0.2) is 40.7 Å². The zero-order valence-corrected chi connectivity index (χ0v) is 13.6. The van der Waals surface area contributed by atoms with Crippen LogP contribution in [0.25, 0.3) is 22.3 Å². The summed E-state index contributed by atoms with van der Waals surface area (Å²) in [6.07, 6.45) is 1.76. The average molecular weight is 340 g/mol. The van der Waals surface area contributed by atoms with Gasteiger partial charge in [0.05, 0.1) is 17.7 Å². The van der Waals surface area contributed by atoms with Gasteiger partial charge in [0.15, 0.2) is 0 Å². The molecule has 0 radical (unpaired) electrons. The third kappa shape index (κ3) is 2.19. The van der Waals surface area contributed by atoms with Gasteiger partial charge in [0.1, 0.15) is 11.4 Å². The Morgan fingerprint density at radius 2 is 2.12 bits per heavy atom. The molecule has 0 atom stereocenters. The van der Waals surface area contributed by atoms with E-state index in [0.29, 0.717) is 13.1 Å². The zero-order valence-electron chi connectivity index (χ0n) is 12.8. The van der Waals surface area contributed by atoms with Gasteiger partial charge in [-0.3, -0.25) is 14.9 Å². The molecule has 1 aliphatic rings. The molecule has 7 nitrogen and oxygen atoms in total. The normalized spacial score (nSPS) is 12.2. The molecular formula is C16H16N6OS. The second-order valence-electron chi connectivity index (χ2n) is 5.40. The first-order chi connectivity index (χ1) is 11.7. The highest BCUT2D eigenvalue weighted by atomic mass is 32.2. The number of nitrogens with one attached hydrogen (secondary N) is 1. The summed E-state index contributed by atoms with van der Waals surface area (Å²) < 4.78 is 0. The second-order valence-corrected chi connectivity index (χ2v) is 6.45. The summed E-state index contributed by atoms with van der Waals surface area (Å²) in [6, 6.07) is 7.74. The minimum Gasteiger partial charge on any atom is -0.329 e. The van der Waals surface area contributed by atoms with E-state index in [1.165, 1.54) is 0 Å². The Hall–Kier alpha value is -2.42. The van der Waals surface area contributed by atoms with Crippen molar-refractivity contribution in [2.24, 2.45) is 11.5 Å². The quantitative estimate of drug-likeness (QED) is 0.516. The van der Waals surface area contributed by atoms with Crippen molar-refractivity contribution in [1.82, 2.24) is 15.2 Å². The molecule has 0 saturated carbocycles. The summed E-state index contributed by atoms with van der Waals surface area (Å²) in [4.78, 5) is 20.4. The summed E-state index contributed by atoms with van der Waals surface area (Å²) in [6.45, 7) is 0.727. The summed E-state index contributed by atoms with van der Waals surface area (Å²) in [7, 11) is 0. The first kappa shape index (κ1) is 15.1. The van der Waals surface area contributed by atoms with E-state index >= 15 is 0 Å². The number of hydrogen-bond acceptors (Lipinski definition) is 6. The number of H-pyrrole nitrogens is 1. The molecule has 0 spiro atoms. The fourth-order valence-corrected chi connectivity index (χ4v) is 4.14. The van der Waals surface area contributed by atoms with E-state index in [2.05, 4.69) is 15.2 Å². The Kier molecular flexibility index (Phi) is 3.72. The topological polar surface area (TPSA) is 114 Å². The van der Waals surface area contributed by atoms with Gasteiger partial charge in [0, 0.05) is 34.5 Å². The van der Waals surface area contributed by atoms with Crippen LogP contribution >= 0.6 is 11.8 Å². The van der Waals surface area contributed by atoms with Gasteiger partial charge >= 0.3 is 0 Å². The van der Waals surface area contributed by atoms with Crippen LogP contribution in [-0.2, 0) is 4.79 Å². The zero-order chi connectivity index (χ0) is 16.7. The van der Waals surface area contributed by atoms with Gasteiger partial charge in [0.2, 0.25) is 5.91 Å². The molecule has 122 valence electrons. The van der Waals surface area contributed by atoms with Crippen LogP contribution in [0.1, 0.15) is 0 Å². The van der Waals surface area contributed by atoms with Crippen molar-refractivity contribution >= 4 is 34.3 Å². The molecule has 0 aliphatic carbocycles. The molecular weight excluding hydrogens is 324 g/mol. The molecule has 5 N–H and O–H groups in total. The predicted molar refractivity (Wildman–Crippen MR) is 93.9 cm³/mol. The molecule has 3 aromatic rings. The van der Waals surface area contributed by atoms with Crippen molar-refractivity contribution in [2.75, 3.05) is 24.5 Å². The van der Waals surface area contributed by atoms with Crippen molar-refractivity contribution < 1.29 is 4.79 Å². The lowest BCUT2D eigenvalue weighted by atomic mass is 10.1. The number of carbonyl (C=O) groups is 1. The number of aromatic nitrogens is 3. The highest BCUT2D eigenvalue weighted by Gasteiger charge is 2.28. The molecule has 4 rings (SSSR count). The minimum atomic E-state index is -0.154. The first-order valence-corrected chi connectivity index (χ1v) is 8.41. The van der Waals surface area contributed by atoms with Crippen molar-refractivity contribution in [1.29, 1.82) is 0 Å². The fraction of sp³-hybridized carbons (Fsp3) is 0.188. The van der Waals surface area contributed by atoms with Crippen molar-refractivity contribution in [3.05, 3.63) is 30.5 Å². The van der Waals surface area contributed by atoms with E-state index in [1.54, 1.807) is 22.9 Å². The Morgan fingerprint density at radius 3 is 2.92 bits per heavy atom. The van der Waals surface area contributed by atoms with Crippen molar-refractivity contribution in [3.8, 4) is 11.4 Å². The van der Waals surface area contributed by atoms with E-state index < -0.39 is 0 Å². The lowest BCUT2D eigenvalue weighted by Crippen LogP contribution is -2.39. The molecule has 0 saturated heterocycles. The number of fused-ring (bicyclic) bond motifs is 2. The Morgan fingerprint density at radius 1 is 1.25 bits per heavy atom. The van der Waals surface area contributed by atoms with Gasteiger partial charge in [-0.25, -0.2) is 0 Å². The third-order valence-electron chi connectivity index (χ3n) is 3.99. The number of pyridine rings is 1. The van der Waals surface area contributed by atoms with E-state index in [-0.39, 0.29) is 12.5 Å². The number of rotatable bonds is 4. The van der Waals surface area contributed by atoms with Crippen LogP contribution in [0.4, 0.5) is 5.69 Å². The standard InChI is InChI=1S/C16H16N6OS/c17-5-7-22(12(23)8-18)10-4-3-9-13-15(21-20-9)14-11(24-16(10)13)2-1-6-19-14/h1-4,6H,5,7-8,17-18H2,(H,20,21). The van der Waals surface area contributed by atoms with Crippen LogP contribution in [0, 0.1) is 0 Å². The summed E-state index contributed by atoms with van der Waals surface area (Å²) >= 11 is 1.59. The van der Waals surface area contributed by atoms with Crippen molar-refractivity contribution in [2.45, 2.75) is 9.79 Å². The Labute approximate surface area is 142 Å². The number of carbonyl (C=O) groups excluding carboxylic acids is 1. The van der Waals surface area contributed by atoms with Crippen molar-refractivity contribution in [3.63, 3.8) is 0 Å². The van der Waals surface area contributed by atoms with Crippen LogP contribution in [0.3, 0.4) is 0 Å². The van der Waals surface area contributed by atoms with Crippen LogP contribution in [0.5, 0.6) is 0 Å². The summed E-state index contributed by atoms with van der Waals surface area (Å²) in [5.74, 6) is -0.154. The minimum absolute atomic E-state index is 0.0570. The Bertz CT molecular complexity index is 937. The SMILES string of the molecule is NCCN(C(=O)CN)c1ccc2[nH]nc3c2c1Sc1cccnc1-3. The van der Waals surface area contributed by atoms with E-state index in [9.17, 15) is 4.79 Å². The van der Waals surface area contributed by atoms with Crippen LogP contribution in [0.2, 0.25) is 0 Å². The molecule has 0 unspecified atom stereocenters. The maximum Gasteiger partial charge on any atom is 0.240 e. The molecule has 24 heavy (non-hydrogen) atoms. The smallest absolute Gasteiger partial charge is 0.240 e. The van der Waals surface area contributed by atoms with Gasteiger partial charge in [-0.2, -0.15) is 5.10 Å². The molecule has 0 bridgehead atoms. The number of nitrogens with zero attached hydrogens (tertiary/aromatic N) is 3. The van der Waals surface area contributed by atoms with Gasteiger partial charge in [-0.1, -0.05) is 11.8 Å². The lowest BCUT2D eigenvalue weighted by molar-refractivity contribution is -0.117. The maximum absolute atomic E-state index is 12.3. The highest BCUT2D eigenvalue weighted by Crippen LogP contribution is 2.49. The van der Waals surface area contributed by atoms with Crippen LogP contribution < -0.4 is 16.4 Å². The number of anilines is 1. The maximum atomic E-state index is 12.3. The monoisotopic (exact) mass is 340 g/mol. The average Bonchev–Trinajstić information content (AvgIpc) is 3.05. The van der Waals surface area contributed by atoms with Gasteiger partial charge in [-0.05, 0) is 24.3 Å². The third-order valence-corrected chi connectivity index (χ3v) is 5.15. The molecule has 1 aliphatic heterocycles. The molecule has 1 aromatic carbocycles. The number of amides is 1. The predicted octanol–water partition coefficient (Wildman–Crippen LogP) is 1.34. The molecule has 1 amide bonds. The number of aromatic amines is 1. The fourth-order valence-electron chi connectivity index (χ4n) is 2.94. The molecule has 8 heteroatoms. The van der Waals surface area contributed by atoms with Gasteiger partial charge in [0.25, 0.3) is 0 Å². The van der Waals surface area contributed by atoms with Crippen LogP contribution in [0.15, 0.2) is 40.3 Å². The highest BCUT2D eigenvalue weighted by molar-refractivity contribution is 8.00. The van der Waals surface area contributed by atoms with Gasteiger partial charge in [-0.15, -0.1) is 0 Å². The Balaban J connectivity index is 1.96. The largest absolute Gasteiger partial charge is 0.329 e. The first-order valence-electron chi connectivity index (χ1n) is 7.59. The molecule has 3 heterocycles. The summed E-state index contributed by atoms with van der Waals surface area (Å²) in [5, 5.41) is 8.45. The molecule has 0 fully saturated rings. The lowest BCUT2D eigenvalue weighted by Gasteiger charge is -2.26. The number of nitrogens with two attached hydrogens (primary N) is 2. The van der Waals surface area contributed by atoms with E-state index in [4.69, 9.17) is 11.5 Å². The van der Waals surface area contributed by atoms with E-state index in [1.807, 2.05) is 24.3 Å². The second kappa shape index (κ2) is 5.90.